The SMILES string of the molecule is COC(=O)c1ccc(NC(C)CC2CCCCN2)c(C)c1. The van der Waals surface area contributed by atoms with Crippen molar-refractivity contribution in [3.63, 3.8) is 0 Å². The molecule has 0 spiro atoms. The number of hydrogen-bond donors (Lipinski definition) is 2. The first-order valence-electron chi connectivity index (χ1n) is 7.79. The fraction of sp³-hybridized carbons (Fsp3) is 0.588. The molecule has 21 heavy (non-hydrogen) atoms. The zero-order chi connectivity index (χ0) is 15.2. The first-order valence-corrected chi connectivity index (χ1v) is 7.79. The van der Waals surface area contributed by atoms with Crippen LogP contribution in [0.2, 0.25) is 0 Å². The first-order chi connectivity index (χ1) is 10.1. The number of methoxy groups -OCH3 is 1. The van der Waals surface area contributed by atoms with Crippen LogP contribution < -0.4 is 10.6 Å². The van der Waals surface area contributed by atoms with E-state index in [0.717, 1.165) is 24.2 Å². The molecule has 1 aromatic carbocycles. The molecule has 4 heteroatoms. The summed E-state index contributed by atoms with van der Waals surface area (Å²) in [6.07, 6.45) is 5.02. The van der Waals surface area contributed by atoms with E-state index in [1.165, 1.54) is 26.4 Å². The van der Waals surface area contributed by atoms with E-state index in [1.807, 2.05) is 25.1 Å². The minimum Gasteiger partial charge on any atom is -0.465 e. The van der Waals surface area contributed by atoms with Gasteiger partial charge in [0.2, 0.25) is 0 Å². The molecule has 1 heterocycles. The lowest BCUT2D eigenvalue weighted by Crippen LogP contribution is -2.37. The third-order valence-corrected chi connectivity index (χ3v) is 4.10. The summed E-state index contributed by atoms with van der Waals surface area (Å²) in [7, 11) is 1.41. The number of esters is 1. The zero-order valence-corrected chi connectivity index (χ0v) is 13.2. The molecule has 2 atom stereocenters. The predicted octanol–water partition coefficient (Wildman–Crippen LogP) is 3.11. The number of aryl methyl sites for hydroxylation is 1. The van der Waals surface area contributed by atoms with Crippen LogP contribution in [0.4, 0.5) is 5.69 Å². The Morgan fingerprint density at radius 1 is 1.48 bits per heavy atom. The molecule has 0 saturated carbocycles. The predicted molar refractivity (Wildman–Crippen MR) is 85.9 cm³/mol. The topological polar surface area (TPSA) is 50.4 Å². The highest BCUT2D eigenvalue weighted by molar-refractivity contribution is 5.90. The molecule has 116 valence electrons. The first kappa shape index (κ1) is 15.8. The Balaban J connectivity index is 1.93. The van der Waals surface area contributed by atoms with Crippen molar-refractivity contribution >= 4 is 11.7 Å². The number of rotatable bonds is 5. The van der Waals surface area contributed by atoms with Crippen LogP contribution in [0.15, 0.2) is 18.2 Å². The Morgan fingerprint density at radius 2 is 2.29 bits per heavy atom. The summed E-state index contributed by atoms with van der Waals surface area (Å²) in [6, 6.07) is 6.68. The van der Waals surface area contributed by atoms with Gasteiger partial charge in [0.05, 0.1) is 12.7 Å². The molecule has 4 nitrogen and oxygen atoms in total. The van der Waals surface area contributed by atoms with Crippen LogP contribution in [0.3, 0.4) is 0 Å². The normalized spacial score (nSPS) is 19.9. The molecule has 2 unspecified atom stereocenters. The van der Waals surface area contributed by atoms with Crippen LogP contribution >= 0.6 is 0 Å². The number of hydrogen-bond acceptors (Lipinski definition) is 4. The minimum atomic E-state index is -0.288. The van der Waals surface area contributed by atoms with Crippen molar-refractivity contribution in [3.05, 3.63) is 29.3 Å². The molecule has 0 aliphatic carbocycles. The average Bonchev–Trinajstić information content (AvgIpc) is 2.49. The van der Waals surface area contributed by atoms with Gasteiger partial charge >= 0.3 is 5.97 Å². The van der Waals surface area contributed by atoms with Crippen molar-refractivity contribution in [1.29, 1.82) is 0 Å². The molecule has 2 rings (SSSR count). The summed E-state index contributed by atoms with van der Waals surface area (Å²) in [5.41, 5.74) is 2.76. The van der Waals surface area contributed by atoms with E-state index in [9.17, 15) is 4.79 Å². The van der Waals surface area contributed by atoms with E-state index in [4.69, 9.17) is 4.74 Å². The Labute approximate surface area is 127 Å². The number of piperidine rings is 1. The fourth-order valence-corrected chi connectivity index (χ4v) is 2.95. The van der Waals surface area contributed by atoms with E-state index < -0.39 is 0 Å². The van der Waals surface area contributed by atoms with Crippen molar-refractivity contribution in [2.24, 2.45) is 0 Å². The van der Waals surface area contributed by atoms with Gasteiger partial charge < -0.3 is 15.4 Å². The lowest BCUT2D eigenvalue weighted by molar-refractivity contribution is 0.0600. The molecule has 0 bridgehead atoms. The summed E-state index contributed by atoms with van der Waals surface area (Å²) >= 11 is 0. The molecule has 1 aliphatic heterocycles. The number of benzene rings is 1. The van der Waals surface area contributed by atoms with E-state index in [0.29, 0.717) is 17.6 Å². The second-order valence-electron chi connectivity index (χ2n) is 5.95. The van der Waals surface area contributed by atoms with Crippen molar-refractivity contribution in [2.45, 2.75) is 51.6 Å². The highest BCUT2D eigenvalue weighted by atomic mass is 16.5. The van der Waals surface area contributed by atoms with E-state index in [1.54, 1.807) is 0 Å². The Kier molecular flexibility index (Phi) is 5.62. The van der Waals surface area contributed by atoms with Gasteiger partial charge in [-0.1, -0.05) is 6.42 Å². The Hall–Kier alpha value is -1.55. The van der Waals surface area contributed by atoms with Crippen molar-refractivity contribution in [3.8, 4) is 0 Å². The van der Waals surface area contributed by atoms with Gasteiger partial charge in [-0.2, -0.15) is 0 Å². The van der Waals surface area contributed by atoms with Crippen LogP contribution in [-0.2, 0) is 4.74 Å². The molecular weight excluding hydrogens is 264 g/mol. The van der Waals surface area contributed by atoms with Gasteiger partial charge in [-0.3, -0.25) is 0 Å². The zero-order valence-electron chi connectivity index (χ0n) is 13.2. The van der Waals surface area contributed by atoms with E-state index >= 15 is 0 Å². The largest absolute Gasteiger partial charge is 0.465 e. The van der Waals surface area contributed by atoms with Crippen molar-refractivity contribution < 1.29 is 9.53 Å². The van der Waals surface area contributed by atoms with Gasteiger partial charge in [0.15, 0.2) is 0 Å². The quantitative estimate of drug-likeness (QED) is 0.818. The molecule has 2 N–H and O–H groups in total. The number of carbonyl (C=O) groups excluding carboxylic acids is 1. The van der Waals surface area contributed by atoms with Gasteiger partial charge in [0, 0.05) is 17.8 Å². The Bertz CT molecular complexity index is 482. The summed E-state index contributed by atoms with van der Waals surface area (Å²) in [4.78, 5) is 11.5. The lowest BCUT2D eigenvalue weighted by Gasteiger charge is -2.27. The third-order valence-electron chi connectivity index (χ3n) is 4.10. The third kappa shape index (κ3) is 4.46. The summed E-state index contributed by atoms with van der Waals surface area (Å²) < 4.78 is 4.75. The van der Waals surface area contributed by atoms with E-state index in [-0.39, 0.29) is 5.97 Å². The van der Waals surface area contributed by atoms with Crippen LogP contribution in [0.25, 0.3) is 0 Å². The number of nitrogens with one attached hydrogen (secondary N) is 2. The highest BCUT2D eigenvalue weighted by Crippen LogP contribution is 2.20. The van der Waals surface area contributed by atoms with Gasteiger partial charge in [0.1, 0.15) is 0 Å². The standard InChI is InChI=1S/C17H26N2O2/c1-12-10-14(17(20)21-3)7-8-16(12)19-13(2)11-15-6-4-5-9-18-15/h7-8,10,13,15,18-19H,4-6,9,11H2,1-3H3. The monoisotopic (exact) mass is 290 g/mol. The van der Waals surface area contributed by atoms with Gasteiger partial charge in [-0.15, -0.1) is 0 Å². The van der Waals surface area contributed by atoms with Crippen LogP contribution in [-0.4, -0.2) is 31.7 Å². The maximum absolute atomic E-state index is 11.5. The smallest absolute Gasteiger partial charge is 0.337 e. The van der Waals surface area contributed by atoms with Gasteiger partial charge in [-0.25, -0.2) is 4.79 Å². The highest BCUT2D eigenvalue weighted by Gasteiger charge is 2.16. The minimum absolute atomic E-state index is 0.288. The maximum Gasteiger partial charge on any atom is 0.337 e. The fourth-order valence-electron chi connectivity index (χ4n) is 2.95. The number of anilines is 1. The second-order valence-corrected chi connectivity index (χ2v) is 5.95. The summed E-state index contributed by atoms with van der Waals surface area (Å²) in [5.74, 6) is -0.288. The van der Waals surface area contributed by atoms with Crippen molar-refractivity contribution in [1.82, 2.24) is 5.32 Å². The molecule has 1 aromatic rings. The molecule has 0 amide bonds. The van der Waals surface area contributed by atoms with Gasteiger partial charge in [-0.05, 0) is 63.4 Å². The number of carbonyl (C=O) groups is 1. The van der Waals surface area contributed by atoms with Crippen molar-refractivity contribution in [2.75, 3.05) is 19.0 Å². The molecule has 1 fully saturated rings. The van der Waals surface area contributed by atoms with Crippen LogP contribution in [0.1, 0.15) is 48.5 Å². The van der Waals surface area contributed by atoms with Gasteiger partial charge in [0.25, 0.3) is 0 Å². The lowest BCUT2D eigenvalue weighted by atomic mass is 9.98. The summed E-state index contributed by atoms with van der Waals surface area (Å²) in [6.45, 7) is 5.37. The van der Waals surface area contributed by atoms with Crippen LogP contribution in [0, 0.1) is 6.92 Å². The average molecular weight is 290 g/mol. The molecular formula is C17H26N2O2. The molecule has 0 aromatic heterocycles. The second kappa shape index (κ2) is 7.46. The Morgan fingerprint density at radius 3 is 2.90 bits per heavy atom. The van der Waals surface area contributed by atoms with E-state index in [2.05, 4.69) is 17.6 Å². The molecule has 1 saturated heterocycles. The maximum atomic E-state index is 11.5. The molecule has 1 aliphatic rings. The summed E-state index contributed by atoms with van der Waals surface area (Å²) in [5, 5.41) is 7.13. The van der Waals surface area contributed by atoms with Crippen LogP contribution in [0.5, 0.6) is 0 Å². The number of ether oxygens (including phenoxy) is 1. The molecule has 0 radical (unpaired) electrons.